The minimum Gasteiger partial charge on any atom is -0.334 e. The van der Waals surface area contributed by atoms with Crippen LogP contribution in [0.25, 0.3) is 0 Å². The highest BCUT2D eigenvalue weighted by Crippen LogP contribution is 2.19. The summed E-state index contributed by atoms with van der Waals surface area (Å²) in [7, 11) is -3.64. The van der Waals surface area contributed by atoms with Crippen molar-refractivity contribution < 1.29 is 13.2 Å². The minimum absolute atomic E-state index is 0.0111. The summed E-state index contributed by atoms with van der Waals surface area (Å²) in [6.45, 7) is 4.52. The number of hydrogen-bond donors (Lipinski definition) is 2. The van der Waals surface area contributed by atoms with Crippen molar-refractivity contribution in [3.63, 3.8) is 0 Å². The topological polar surface area (TPSA) is 78.5 Å². The van der Waals surface area contributed by atoms with Gasteiger partial charge in [0.2, 0.25) is 0 Å². The first-order valence-corrected chi connectivity index (χ1v) is 10.7. The Hall–Kier alpha value is -2.38. The molecule has 1 saturated heterocycles. The fourth-order valence-electron chi connectivity index (χ4n) is 3.26. The van der Waals surface area contributed by atoms with Crippen LogP contribution < -0.4 is 10.0 Å². The predicted octanol–water partition coefficient (Wildman–Crippen LogP) is 2.70. The molecule has 3 rings (SSSR count). The van der Waals surface area contributed by atoms with E-state index in [1.54, 1.807) is 54.6 Å². The molecule has 6 nitrogen and oxygen atoms in total. The lowest BCUT2D eigenvalue weighted by Gasteiger charge is -2.28. The maximum Gasteiger partial charge on any atom is 0.261 e. The fraction of sp³-hybridized carbons (Fsp3) is 0.350. The summed E-state index contributed by atoms with van der Waals surface area (Å²) >= 11 is 0. The first-order chi connectivity index (χ1) is 13.0. The molecular weight excluding hydrogens is 362 g/mol. The van der Waals surface area contributed by atoms with Crippen molar-refractivity contribution in [3.8, 4) is 0 Å². The molecular formula is C20H25N3O3S. The zero-order valence-corrected chi connectivity index (χ0v) is 16.2. The van der Waals surface area contributed by atoms with Crippen LogP contribution in [0.5, 0.6) is 0 Å². The summed E-state index contributed by atoms with van der Waals surface area (Å²) in [5.74, 6) is -0.0111. The maximum absolute atomic E-state index is 12.9. The summed E-state index contributed by atoms with van der Waals surface area (Å²) < 4.78 is 27.3. The molecule has 0 aromatic heterocycles. The highest BCUT2D eigenvalue weighted by molar-refractivity contribution is 7.92. The number of nitrogens with zero attached hydrogens (tertiary/aromatic N) is 1. The Kier molecular flexibility index (Phi) is 6.13. The van der Waals surface area contributed by atoms with E-state index in [9.17, 15) is 13.2 Å². The Morgan fingerprint density at radius 2 is 1.85 bits per heavy atom. The van der Waals surface area contributed by atoms with Crippen LogP contribution in [-0.2, 0) is 10.0 Å². The van der Waals surface area contributed by atoms with Crippen molar-refractivity contribution in [2.75, 3.05) is 24.4 Å². The number of amides is 1. The van der Waals surface area contributed by atoms with Crippen molar-refractivity contribution in [1.29, 1.82) is 0 Å². The summed E-state index contributed by atoms with van der Waals surface area (Å²) in [5, 5.41) is 3.30. The summed E-state index contributed by atoms with van der Waals surface area (Å²) in [5.41, 5.74) is 0.998. The Morgan fingerprint density at radius 3 is 2.44 bits per heavy atom. The van der Waals surface area contributed by atoms with Gasteiger partial charge in [0.25, 0.3) is 15.9 Å². The molecule has 1 aliphatic rings. The van der Waals surface area contributed by atoms with Gasteiger partial charge in [0.15, 0.2) is 0 Å². The Labute approximate surface area is 160 Å². The largest absolute Gasteiger partial charge is 0.334 e. The van der Waals surface area contributed by atoms with E-state index >= 15 is 0 Å². The van der Waals surface area contributed by atoms with Crippen LogP contribution >= 0.6 is 0 Å². The maximum atomic E-state index is 12.9. The summed E-state index contributed by atoms with van der Waals surface area (Å²) in [6.07, 6.45) is 1.86. The van der Waals surface area contributed by atoms with Crippen LogP contribution in [0, 0.1) is 0 Å². The van der Waals surface area contributed by atoms with Gasteiger partial charge in [-0.2, -0.15) is 0 Å². The molecule has 0 spiro atoms. The zero-order valence-electron chi connectivity index (χ0n) is 15.4. The summed E-state index contributed by atoms with van der Waals surface area (Å²) in [6, 6.07) is 15.0. The molecule has 1 fully saturated rings. The van der Waals surface area contributed by atoms with Gasteiger partial charge in [0, 0.05) is 30.4 Å². The number of anilines is 1. The molecule has 0 bridgehead atoms. The Bertz CT molecular complexity index is 861. The van der Waals surface area contributed by atoms with Crippen molar-refractivity contribution in [3.05, 3.63) is 60.2 Å². The SMILES string of the molecule is CCCN(C(=O)c1ccc(NS(=O)(=O)c2ccccc2)cc1)C1CCNC1. The molecule has 0 radical (unpaired) electrons. The van der Waals surface area contributed by atoms with Crippen molar-refractivity contribution in [1.82, 2.24) is 10.2 Å². The van der Waals surface area contributed by atoms with E-state index in [-0.39, 0.29) is 16.8 Å². The second-order valence-electron chi connectivity index (χ2n) is 6.64. The monoisotopic (exact) mass is 387 g/mol. The lowest BCUT2D eigenvalue weighted by atomic mass is 10.1. The number of carbonyl (C=O) groups excluding carboxylic acids is 1. The first-order valence-electron chi connectivity index (χ1n) is 9.21. The molecule has 1 atom stereocenters. The molecule has 7 heteroatoms. The van der Waals surface area contributed by atoms with Crippen molar-refractivity contribution in [2.24, 2.45) is 0 Å². The average molecular weight is 388 g/mol. The molecule has 0 aliphatic carbocycles. The zero-order chi connectivity index (χ0) is 19.3. The van der Waals surface area contributed by atoms with Crippen LogP contribution in [0.3, 0.4) is 0 Å². The molecule has 2 aromatic rings. The second kappa shape index (κ2) is 8.54. The highest BCUT2D eigenvalue weighted by Gasteiger charge is 2.26. The van der Waals surface area contributed by atoms with Gasteiger partial charge in [0.05, 0.1) is 4.90 Å². The van der Waals surface area contributed by atoms with E-state index in [0.717, 1.165) is 25.9 Å². The average Bonchev–Trinajstić information content (AvgIpc) is 3.21. The lowest BCUT2D eigenvalue weighted by molar-refractivity contribution is 0.0692. The van der Waals surface area contributed by atoms with Gasteiger partial charge in [-0.1, -0.05) is 25.1 Å². The molecule has 2 N–H and O–H groups in total. The van der Waals surface area contributed by atoms with E-state index in [2.05, 4.69) is 17.0 Å². The van der Waals surface area contributed by atoms with E-state index < -0.39 is 10.0 Å². The molecule has 1 unspecified atom stereocenters. The number of sulfonamides is 1. The van der Waals surface area contributed by atoms with E-state index in [4.69, 9.17) is 0 Å². The lowest BCUT2D eigenvalue weighted by Crippen LogP contribution is -2.42. The van der Waals surface area contributed by atoms with Gasteiger partial charge in [-0.05, 0) is 55.8 Å². The van der Waals surface area contributed by atoms with Crippen LogP contribution in [0.1, 0.15) is 30.1 Å². The van der Waals surface area contributed by atoms with Gasteiger partial charge < -0.3 is 10.2 Å². The van der Waals surface area contributed by atoms with Crippen LogP contribution in [0.15, 0.2) is 59.5 Å². The second-order valence-corrected chi connectivity index (χ2v) is 8.32. The van der Waals surface area contributed by atoms with Gasteiger partial charge in [0.1, 0.15) is 0 Å². The van der Waals surface area contributed by atoms with Gasteiger partial charge in [-0.25, -0.2) is 8.42 Å². The number of carbonyl (C=O) groups is 1. The minimum atomic E-state index is -3.64. The molecule has 1 heterocycles. The van der Waals surface area contributed by atoms with E-state index in [1.807, 2.05) is 4.90 Å². The molecule has 144 valence electrons. The Balaban J connectivity index is 1.73. The third kappa shape index (κ3) is 4.67. The third-order valence-electron chi connectivity index (χ3n) is 4.64. The van der Waals surface area contributed by atoms with Crippen LogP contribution in [0.2, 0.25) is 0 Å². The normalized spacial score (nSPS) is 16.9. The Morgan fingerprint density at radius 1 is 1.15 bits per heavy atom. The summed E-state index contributed by atoms with van der Waals surface area (Å²) in [4.78, 5) is 15.0. The van der Waals surface area contributed by atoms with Gasteiger partial charge in [-0.15, -0.1) is 0 Å². The molecule has 1 amide bonds. The van der Waals surface area contributed by atoms with Gasteiger partial charge >= 0.3 is 0 Å². The predicted molar refractivity (Wildman–Crippen MR) is 106 cm³/mol. The van der Waals surface area contributed by atoms with E-state index in [0.29, 0.717) is 17.8 Å². The quantitative estimate of drug-likeness (QED) is 0.766. The van der Waals surface area contributed by atoms with Crippen LogP contribution in [0.4, 0.5) is 5.69 Å². The third-order valence-corrected chi connectivity index (χ3v) is 6.04. The van der Waals surface area contributed by atoms with E-state index in [1.165, 1.54) is 0 Å². The number of rotatable bonds is 7. The van der Waals surface area contributed by atoms with Crippen LogP contribution in [-0.4, -0.2) is 44.9 Å². The molecule has 1 aliphatic heterocycles. The standard InChI is InChI=1S/C20H25N3O3S/c1-2-14-23(18-12-13-21-15-18)20(24)16-8-10-17(11-9-16)22-27(25,26)19-6-4-3-5-7-19/h3-11,18,21-22H,2,12-15H2,1H3. The number of nitrogens with one attached hydrogen (secondary N) is 2. The van der Waals surface area contributed by atoms with Gasteiger partial charge in [-0.3, -0.25) is 9.52 Å². The van der Waals surface area contributed by atoms with Crippen molar-refractivity contribution in [2.45, 2.75) is 30.7 Å². The first kappa shape index (κ1) is 19.4. The molecule has 2 aromatic carbocycles. The molecule has 0 saturated carbocycles. The number of benzene rings is 2. The molecule has 27 heavy (non-hydrogen) atoms. The smallest absolute Gasteiger partial charge is 0.261 e. The fourth-order valence-corrected chi connectivity index (χ4v) is 4.34. The highest BCUT2D eigenvalue weighted by atomic mass is 32.2. The van der Waals surface area contributed by atoms with Crippen molar-refractivity contribution >= 4 is 21.6 Å². The number of hydrogen-bond acceptors (Lipinski definition) is 4.